The number of hydrogen-bond acceptors (Lipinski definition) is 5. The molecule has 5 nitrogen and oxygen atoms in total. The van der Waals surface area contributed by atoms with E-state index in [1.807, 2.05) is 13.8 Å². The van der Waals surface area contributed by atoms with Crippen LogP contribution in [0, 0.1) is 6.92 Å². The maximum Gasteiger partial charge on any atom is 0.308 e. The molecule has 112 valence electrons. The number of hydrogen-bond donors (Lipinski definition) is 0. The number of rotatable bonds is 7. The molecule has 0 aliphatic rings. The number of benzene rings is 1. The van der Waals surface area contributed by atoms with E-state index in [4.69, 9.17) is 8.92 Å². The van der Waals surface area contributed by atoms with Crippen LogP contribution in [0.1, 0.15) is 32.3 Å². The standard InChI is InChI=1S/C14H20O5S/c1-4-12(3)19-14(15)9-10-18-20(16,17)13-7-5-11(2)6-8-13/h5-8,12H,4,9-10H2,1-3H3. The third kappa shape index (κ3) is 5.30. The second kappa shape index (κ2) is 7.40. The van der Waals surface area contributed by atoms with Crippen molar-refractivity contribution in [2.24, 2.45) is 0 Å². The van der Waals surface area contributed by atoms with E-state index >= 15 is 0 Å². The fraction of sp³-hybridized carbons (Fsp3) is 0.500. The Morgan fingerprint density at radius 1 is 1.25 bits per heavy atom. The van der Waals surface area contributed by atoms with E-state index < -0.39 is 16.1 Å². The molecule has 0 bridgehead atoms. The average molecular weight is 300 g/mol. The molecule has 0 saturated heterocycles. The van der Waals surface area contributed by atoms with Gasteiger partial charge in [0.1, 0.15) is 0 Å². The number of carbonyl (C=O) groups is 1. The van der Waals surface area contributed by atoms with Crippen molar-refractivity contribution in [1.29, 1.82) is 0 Å². The molecule has 20 heavy (non-hydrogen) atoms. The lowest BCUT2D eigenvalue weighted by Gasteiger charge is -2.10. The maximum absolute atomic E-state index is 11.8. The highest BCUT2D eigenvalue weighted by molar-refractivity contribution is 7.86. The number of aryl methyl sites for hydroxylation is 1. The monoisotopic (exact) mass is 300 g/mol. The number of carbonyl (C=O) groups excluding carboxylic acids is 1. The summed E-state index contributed by atoms with van der Waals surface area (Å²) in [5.41, 5.74) is 0.959. The highest BCUT2D eigenvalue weighted by Gasteiger charge is 2.16. The van der Waals surface area contributed by atoms with Gasteiger partial charge in [-0.1, -0.05) is 24.6 Å². The Hall–Kier alpha value is -1.40. The summed E-state index contributed by atoms with van der Waals surface area (Å²) < 4.78 is 33.5. The lowest BCUT2D eigenvalue weighted by atomic mass is 10.2. The molecule has 0 fully saturated rings. The van der Waals surface area contributed by atoms with Gasteiger partial charge in [0.05, 0.1) is 24.0 Å². The van der Waals surface area contributed by atoms with Crippen molar-refractivity contribution < 1.29 is 22.1 Å². The molecule has 1 aromatic carbocycles. The van der Waals surface area contributed by atoms with Gasteiger partial charge in [0.25, 0.3) is 10.1 Å². The van der Waals surface area contributed by atoms with Gasteiger partial charge >= 0.3 is 5.97 Å². The third-order valence-corrected chi connectivity index (χ3v) is 4.09. The highest BCUT2D eigenvalue weighted by atomic mass is 32.2. The molecule has 0 aromatic heterocycles. The fourth-order valence-electron chi connectivity index (χ4n) is 1.37. The molecule has 0 aliphatic carbocycles. The van der Waals surface area contributed by atoms with Gasteiger partial charge in [-0.3, -0.25) is 8.98 Å². The molecule has 1 atom stereocenters. The minimum absolute atomic E-state index is 0.0818. The molecule has 0 radical (unpaired) electrons. The molecule has 1 unspecified atom stereocenters. The normalized spacial score (nSPS) is 12.9. The van der Waals surface area contributed by atoms with Gasteiger partial charge in [-0.25, -0.2) is 0 Å². The van der Waals surface area contributed by atoms with Gasteiger partial charge < -0.3 is 4.74 Å². The van der Waals surface area contributed by atoms with Crippen LogP contribution in [0.25, 0.3) is 0 Å². The Kier molecular flexibility index (Phi) is 6.16. The van der Waals surface area contributed by atoms with E-state index in [0.717, 1.165) is 5.56 Å². The molecule has 0 aliphatic heterocycles. The zero-order valence-corrected chi connectivity index (χ0v) is 12.8. The van der Waals surface area contributed by atoms with E-state index in [9.17, 15) is 13.2 Å². The van der Waals surface area contributed by atoms with Crippen molar-refractivity contribution >= 4 is 16.1 Å². The van der Waals surface area contributed by atoms with Crippen molar-refractivity contribution in [3.63, 3.8) is 0 Å². The fourth-order valence-corrected chi connectivity index (χ4v) is 2.28. The van der Waals surface area contributed by atoms with Crippen molar-refractivity contribution in [1.82, 2.24) is 0 Å². The average Bonchev–Trinajstić information content (AvgIpc) is 2.38. The molecule has 1 aromatic rings. The summed E-state index contributed by atoms with van der Waals surface area (Å²) in [7, 11) is -3.81. The zero-order chi connectivity index (χ0) is 15.2. The van der Waals surface area contributed by atoms with Crippen molar-refractivity contribution in [3.05, 3.63) is 29.8 Å². The zero-order valence-electron chi connectivity index (χ0n) is 12.0. The molecule has 0 saturated carbocycles. The second-order valence-corrected chi connectivity index (χ2v) is 6.16. The lowest BCUT2D eigenvalue weighted by molar-refractivity contribution is -0.148. The van der Waals surface area contributed by atoms with Crippen LogP contribution >= 0.6 is 0 Å². The molecule has 0 spiro atoms. The van der Waals surface area contributed by atoms with Gasteiger partial charge in [-0.2, -0.15) is 8.42 Å². The first-order chi connectivity index (χ1) is 9.35. The Bertz CT molecular complexity index is 533. The molecular formula is C14H20O5S. The number of esters is 1. The van der Waals surface area contributed by atoms with Gasteiger partial charge in [-0.15, -0.1) is 0 Å². The van der Waals surface area contributed by atoms with Crippen LogP contribution in [0.4, 0.5) is 0 Å². The van der Waals surface area contributed by atoms with Crippen LogP contribution in [-0.2, 0) is 23.8 Å². The predicted molar refractivity (Wildman–Crippen MR) is 74.8 cm³/mol. The third-order valence-electron chi connectivity index (χ3n) is 2.76. The van der Waals surface area contributed by atoms with Gasteiger partial charge in [0.2, 0.25) is 0 Å². The summed E-state index contributed by atoms with van der Waals surface area (Å²) in [5.74, 6) is -0.460. The van der Waals surface area contributed by atoms with Gasteiger partial charge in [-0.05, 0) is 32.4 Å². The number of ether oxygens (including phenoxy) is 1. The smallest absolute Gasteiger partial charge is 0.308 e. The maximum atomic E-state index is 11.8. The molecule has 6 heteroatoms. The first-order valence-corrected chi connectivity index (χ1v) is 7.91. The first-order valence-electron chi connectivity index (χ1n) is 6.50. The topological polar surface area (TPSA) is 69.7 Å². The van der Waals surface area contributed by atoms with E-state index in [-0.39, 0.29) is 24.0 Å². The minimum atomic E-state index is -3.81. The SMILES string of the molecule is CCC(C)OC(=O)CCOS(=O)(=O)c1ccc(C)cc1. The Morgan fingerprint density at radius 3 is 2.40 bits per heavy atom. The van der Waals surface area contributed by atoms with E-state index in [1.165, 1.54) is 12.1 Å². The summed E-state index contributed by atoms with van der Waals surface area (Å²) >= 11 is 0. The van der Waals surface area contributed by atoms with E-state index in [1.54, 1.807) is 19.1 Å². The Balaban J connectivity index is 2.48. The summed E-state index contributed by atoms with van der Waals surface area (Å²) in [6.45, 7) is 5.33. The largest absolute Gasteiger partial charge is 0.463 e. The summed E-state index contributed by atoms with van der Waals surface area (Å²) in [6.07, 6.45) is 0.458. The summed E-state index contributed by atoms with van der Waals surface area (Å²) in [5, 5.41) is 0. The Morgan fingerprint density at radius 2 is 1.85 bits per heavy atom. The van der Waals surface area contributed by atoms with Crippen molar-refractivity contribution in [3.8, 4) is 0 Å². The van der Waals surface area contributed by atoms with Crippen LogP contribution in [0.2, 0.25) is 0 Å². The quantitative estimate of drug-likeness (QED) is 0.571. The van der Waals surface area contributed by atoms with Gasteiger partial charge in [0.15, 0.2) is 0 Å². The van der Waals surface area contributed by atoms with Crippen molar-refractivity contribution in [2.75, 3.05) is 6.61 Å². The highest BCUT2D eigenvalue weighted by Crippen LogP contribution is 2.13. The molecular weight excluding hydrogens is 280 g/mol. The Labute approximate surface area is 120 Å². The van der Waals surface area contributed by atoms with Crippen LogP contribution in [0.3, 0.4) is 0 Å². The van der Waals surface area contributed by atoms with E-state index in [0.29, 0.717) is 6.42 Å². The second-order valence-electron chi connectivity index (χ2n) is 4.55. The molecule has 0 heterocycles. The molecule has 1 rings (SSSR count). The van der Waals surface area contributed by atoms with Crippen LogP contribution in [0.15, 0.2) is 29.2 Å². The summed E-state index contributed by atoms with van der Waals surface area (Å²) in [4.78, 5) is 11.5. The van der Waals surface area contributed by atoms with Crippen LogP contribution in [-0.4, -0.2) is 27.1 Å². The van der Waals surface area contributed by atoms with E-state index in [2.05, 4.69) is 0 Å². The van der Waals surface area contributed by atoms with Gasteiger partial charge in [0, 0.05) is 0 Å². The predicted octanol–water partition coefficient (Wildman–Crippen LogP) is 2.43. The minimum Gasteiger partial charge on any atom is -0.463 e. The van der Waals surface area contributed by atoms with Crippen molar-refractivity contribution in [2.45, 2.75) is 44.6 Å². The van der Waals surface area contributed by atoms with Crippen LogP contribution < -0.4 is 0 Å². The lowest BCUT2D eigenvalue weighted by Crippen LogP contribution is -2.17. The van der Waals surface area contributed by atoms with Crippen LogP contribution in [0.5, 0.6) is 0 Å². The molecule has 0 N–H and O–H groups in total. The summed E-state index contributed by atoms with van der Waals surface area (Å²) in [6, 6.07) is 6.32. The first kappa shape index (κ1) is 16.7. The molecule has 0 amide bonds.